The Morgan fingerprint density at radius 2 is 1.89 bits per heavy atom. The summed E-state index contributed by atoms with van der Waals surface area (Å²) >= 11 is 0. The summed E-state index contributed by atoms with van der Waals surface area (Å²) in [6.45, 7) is 6.14. The van der Waals surface area contributed by atoms with E-state index < -0.39 is 10.0 Å². The van der Waals surface area contributed by atoms with Crippen LogP contribution in [0.4, 0.5) is 11.4 Å². The summed E-state index contributed by atoms with van der Waals surface area (Å²) in [5.74, 6) is -0.694. The van der Waals surface area contributed by atoms with E-state index in [9.17, 15) is 18.0 Å². The SMILES string of the molecule is CCCS(=O)(=O)N1CCC[C@H](C(=O)Nc2cccc(NC(=O)C(C)C)c2)C1. The monoisotopic (exact) mass is 395 g/mol. The van der Waals surface area contributed by atoms with Crippen molar-refractivity contribution < 1.29 is 18.0 Å². The molecular weight excluding hydrogens is 366 g/mol. The normalized spacial score (nSPS) is 18.3. The molecule has 1 saturated heterocycles. The highest BCUT2D eigenvalue weighted by Gasteiger charge is 2.31. The molecule has 2 N–H and O–H groups in total. The first-order chi connectivity index (χ1) is 12.7. The van der Waals surface area contributed by atoms with Gasteiger partial charge >= 0.3 is 0 Å². The molecule has 0 aromatic heterocycles. The number of piperidine rings is 1. The van der Waals surface area contributed by atoms with Crippen LogP contribution >= 0.6 is 0 Å². The molecule has 1 fully saturated rings. The highest BCUT2D eigenvalue weighted by molar-refractivity contribution is 7.89. The number of anilines is 2. The smallest absolute Gasteiger partial charge is 0.228 e. The third-order valence-electron chi connectivity index (χ3n) is 4.53. The van der Waals surface area contributed by atoms with Crippen LogP contribution in [0.3, 0.4) is 0 Å². The molecule has 0 unspecified atom stereocenters. The summed E-state index contributed by atoms with van der Waals surface area (Å²) in [6.07, 6.45) is 1.89. The Bertz CT molecular complexity index is 777. The van der Waals surface area contributed by atoms with Gasteiger partial charge in [0.15, 0.2) is 0 Å². The van der Waals surface area contributed by atoms with Crippen LogP contribution in [0.1, 0.15) is 40.0 Å². The van der Waals surface area contributed by atoms with Crippen molar-refractivity contribution in [2.75, 3.05) is 29.5 Å². The number of hydrogen-bond acceptors (Lipinski definition) is 4. The molecule has 2 amide bonds. The third kappa shape index (κ3) is 6.04. The molecule has 0 bridgehead atoms. The zero-order valence-corrected chi connectivity index (χ0v) is 17.0. The number of nitrogens with one attached hydrogen (secondary N) is 2. The molecule has 2 rings (SSSR count). The molecule has 1 aliphatic rings. The Morgan fingerprint density at radius 1 is 1.22 bits per heavy atom. The molecule has 1 aliphatic heterocycles. The maximum absolute atomic E-state index is 12.6. The summed E-state index contributed by atoms with van der Waals surface area (Å²) in [7, 11) is -3.30. The van der Waals surface area contributed by atoms with Crippen molar-refractivity contribution in [3.05, 3.63) is 24.3 Å². The molecule has 0 radical (unpaired) electrons. The number of hydrogen-bond donors (Lipinski definition) is 2. The lowest BCUT2D eigenvalue weighted by atomic mass is 9.98. The number of sulfonamides is 1. The van der Waals surface area contributed by atoms with Crippen LogP contribution < -0.4 is 10.6 Å². The van der Waals surface area contributed by atoms with E-state index in [2.05, 4.69) is 10.6 Å². The molecule has 1 aromatic carbocycles. The van der Waals surface area contributed by atoms with Crippen LogP contribution in [0, 0.1) is 11.8 Å². The zero-order chi connectivity index (χ0) is 20.0. The van der Waals surface area contributed by atoms with Gasteiger partial charge in [-0.1, -0.05) is 26.8 Å². The fourth-order valence-electron chi connectivity index (χ4n) is 3.00. The van der Waals surface area contributed by atoms with Gasteiger partial charge in [-0.25, -0.2) is 12.7 Å². The van der Waals surface area contributed by atoms with Crippen LogP contribution in [-0.2, 0) is 19.6 Å². The van der Waals surface area contributed by atoms with Crippen LogP contribution in [0.5, 0.6) is 0 Å². The molecule has 0 saturated carbocycles. The number of amides is 2. The van der Waals surface area contributed by atoms with E-state index >= 15 is 0 Å². The van der Waals surface area contributed by atoms with Crippen molar-refractivity contribution in [3.63, 3.8) is 0 Å². The minimum Gasteiger partial charge on any atom is -0.326 e. The Hall–Kier alpha value is -1.93. The highest BCUT2D eigenvalue weighted by atomic mass is 32.2. The topological polar surface area (TPSA) is 95.6 Å². The average Bonchev–Trinajstić information content (AvgIpc) is 2.62. The predicted molar refractivity (Wildman–Crippen MR) is 107 cm³/mol. The second-order valence-corrected chi connectivity index (χ2v) is 9.32. The van der Waals surface area contributed by atoms with Gasteiger partial charge < -0.3 is 10.6 Å². The molecule has 1 aromatic rings. The Labute approximate surface area is 161 Å². The second-order valence-electron chi connectivity index (χ2n) is 7.23. The molecule has 7 nitrogen and oxygen atoms in total. The first-order valence-electron chi connectivity index (χ1n) is 9.42. The van der Waals surface area contributed by atoms with E-state index in [4.69, 9.17) is 0 Å². The van der Waals surface area contributed by atoms with E-state index in [0.29, 0.717) is 37.2 Å². The van der Waals surface area contributed by atoms with Gasteiger partial charge in [-0.05, 0) is 37.5 Å². The van der Waals surface area contributed by atoms with Gasteiger partial charge in [0, 0.05) is 30.4 Å². The van der Waals surface area contributed by atoms with Crippen molar-refractivity contribution in [2.45, 2.75) is 40.0 Å². The summed E-state index contributed by atoms with van der Waals surface area (Å²) in [4.78, 5) is 24.4. The van der Waals surface area contributed by atoms with Gasteiger partial charge in [0.2, 0.25) is 21.8 Å². The Balaban J connectivity index is 2.01. The molecule has 1 atom stereocenters. The molecule has 150 valence electrons. The standard InChI is InChI=1S/C19H29N3O4S/c1-4-11-27(25,26)22-10-6-7-15(13-22)19(24)21-17-9-5-8-16(12-17)20-18(23)14(2)3/h5,8-9,12,14-15H,4,6-7,10-11,13H2,1-3H3,(H,20,23)(H,21,24)/t15-/m0/s1. The van der Waals surface area contributed by atoms with Gasteiger partial charge in [0.05, 0.1) is 11.7 Å². The molecule has 8 heteroatoms. The molecular formula is C19H29N3O4S. The number of carbonyl (C=O) groups excluding carboxylic acids is 2. The Morgan fingerprint density at radius 3 is 2.52 bits per heavy atom. The van der Waals surface area contributed by atoms with Crippen LogP contribution in [0.15, 0.2) is 24.3 Å². The van der Waals surface area contributed by atoms with Gasteiger partial charge in [-0.2, -0.15) is 0 Å². The van der Waals surface area contributed by atoms with Crippen LogP contribution in [-0.4, -0.2) is 43.4 Å². The van der Waals surface area contributed by atoms with E-state index in [0.717, 1.165) is 0 Å². The molecule has 0 spiro atoms. The van der Waals surface area contributed by atoms with Gasteiger partial charge in [-0.3, -0.25) is 9.59 Å². The highest BCUT2D eigenvalue weighted by Crippen LogP contribution is 2.23. The Kier molecular flexibility index (Phi) is 7.38. The molecule has 1 heterocycles. The minimum absolute atomic E-state index is 0.0949. The van der Waals surface area contributed by atoms with Crippen molar-refractivity contribution in [1.29, 1.82) is 0 Å². The largest absolute Gasteiger partial charge is 0.326 e. The van der Waals surface area contributed by atoms with Crippen LogP contribution in [0.25, 0.3) is 0 Å². The zero-order valence-electron chi connectivity index (χ0n) is 16.2. The summed E-state index contributed by atoms with van der Waals surface area (Å²) in [5.41, 5.74) is 1.19. The van der Waals surface area contributed by atoms with Crippen molar-refractivity contribution >= 4 is 33.2 Å². The second kappa shape index (κ2) is 9.32. The number of carbonyl (C=O) groups is 2. The average molecular weight is 396 g/mol. The van der Waals surface area contributed by atoms with Gasteiger partial charge in [0.1, 0.15) is 0 Å². The quantitative estimate of drug-likeness (QED) is 0.742. The lowest BCUT2D eigenvalue weighted by molar-refractivity contribution is -0.121. The fraction of sp³-hybridized carbons (Fsp3) is 0.579. The lowest BCUT2D eigenvalue weighted by Gasteiger charge is -2.31. The third-order valence-corrected chi connectivity index (χ3v) is 6.57. The summed E-state index contributed by atoms with van der Waals surface area (Å²) in [6, 6.07) is 6.96. The molecule has 0 aliphatic carbocycles. The van der Waals surface area contributed by atoms with E-state index in [-0.39, 0.29) is 35.9 Å². The number of nitrogens with zero attached hydrogens (tertiary/aromatic N) is 1. The van der Waals surface area contributed by atoms with Gasteiger partial charge in [-0.15, -0.1) is 0 Å². The molecule has 27 heavy (non-hydrogen) atoms. The van der Waals surface area contributed by atoms with Crippen LogP contribution in [0.2, 0.25) is 0 Å². The predicted octanol–water partition coefficient (Wildman–Crippen LogP) is 2.67. The summed E-state index contributed by atoms with van der Waals surface area (Å²) in [5, 5.41) is 5.64. The van der Waals surface area contributed by atoms with Crippen molar-refractivity contribution in [2.24, 2.45) is 11.8 Å². The number of rotatable bonds is 7. The maximum Gasteiger partial charge on any atom is 0.228 e. The van der Waals surface area contributed by atoms with Crippen molar-refractivity contribution in [3.8, 4) is 0 Å². The van der Waals surface area contributed by atoms with E-state index in [1.165, 1.54) is 4.31 Å². The maximum atomic E-state index is 12.6. The lowest BCUT2D eigenvalue weighted by Crippen LogP contribution is -2.44. The van der Waals surface area contributed by atoms with Gasteiger partial charge in [0.25, 0.3) is 0 Å². The number of benzene rings is 1. The first-order valence-corrected chi connectivity index (χ1v) is 11.0. The van der Waals surface area contributed by atoms with E-state index in [1.807, 2.05) is 20.8 Å². The fourth-order valence-corrected chi connectivity index (χ4v) is 4.59. The van der Waals surface area contributed by atoms with Crippen molar-refractivity contribution in [1.82, 2.24) is 4.31 Å². The summed E-state index contributed by atoms with van der Waals surface area (Å²) < 4.78 is 26.0. The first kappa shape index (κ1) is 21.4. The minimum atomic E-state index is -3.30. The van der Waals surface area contributed by atoms with E-state index in [1.54, 1.807) is 24.3 Å².